The molecule has 1 amide bonds. The predicted octanol–water partition coefficient (Wildman–Crippen LogP) is 3.79. The molecule has 32 heavy (non-hydrogen) atoms. The Balaban J connectivity index is 1.19. The van der Waals surface area contributed by atoms with Crippen LogP contribution < -0.4 is 4.90 Å². The largest absolute Gasteiger partial charge is 0.368 e. The highest BCUT2D eigenvalue weighted by Crippen LogP contribution is 2.24. The Kier molecular flexibility index (Phi) is 6.07. The average Bonchev–Trinajstić information content (AvgIpc) is 3.14. The van der Waals surface area contributed by atoms with Gasteiger partial charge < -0.3 is 14.4 Å². The van der Waals surface area contributed by atoms with Gasteiger partial charge in [0.25, 0.3) is 0 Å². The maximum Gasteiger partial charge on any atom is 0.227 e. The minimum Gasteiger partial charge on any atom is -0.368 e. The monoisotopic (exact) mass is 451 g/mol. The van der Waals surface area contributed by atoms with Gasteiger partial charge in [0.15, 0.2) is 0 Å². The van der Waals surface area contributed by atoms with E-state index in [-0.39, 0.29) is 5.92 Å². The molecule has 6 nitrogen and oxygen atoms in total. The second-order valence-electron chi connectivity index (χ2n) is 8.94. The number of nitrogens with zero attached hydrogens (tertiary/aromatic N) is 5. The summed E-state index contributed by atoms with van der Waals surface area (Å²) in [5.74, 6) is 1.45. The first-order valence-corrected chi connectivity index (χ1v) is 11.9. The normalized spacial score (nSPS) is 20.1. The molecule has 2 aromatic carbocycles. The van der Waals surface area contributed by atoms with Gasteiger partial charge in [0, 0.05) is 50.5 Å². The predicted molar refractivity (Wildman–Crippen MR) is 129 cm³/mol. The number of amides is 1. The number of rotatable bonds is 4. The molecule has 0 saturated carbocycles. The maximum atomic E-state index is 13.3. The van der Waals surface area contributed by atoms with Crippen LogP contribution in [-0.4, -0.2) is 64.5 Å². The molecule has 0 N–H and O–H groups in total. The van der Waals surface area contributed by atoms with Gasteiger partial charge in [0.1, 0.15) is 5.82 Å². The maximum absolute atomic E-state index is 13.3. The number of aryl methyl sites for hydroxylation is 1. The number of aromatic nitrogens is 2. The van der Waals surface area contributed by atoms with Crippen LogP contribution in [0.15, 0.2) is 48.5 Å². The molecular formula is C25H30ClN5O. The molecule has 1 atom stereocenters. The Morgan fingerprint density at radius 3 is 2.66 bits per heavy atom. The van der Waals surface area contributed by atoms with Gasteiger partial charge in [-0.1, -0.05) is 29.8 Å². The smallest absolute Gasteiger partial charge is 0.227 e. The first-order valence-electron chi connectivity index (χ1n) is 11.5. The van der Waals surface area contributed by atoms with Gasteiger partial charge in [0.05, 0.1) is 23.5 Å². The molecule has 0 spiro atoms. The van der Waals surface area contributed by atoms with Crippen molar-refractivity contribution >= 4 is 34.2 Å². The number of carbonyl (C=O) groups is 1. The van der Waals surface area contributed by atoms with E-state index in [1.807, 2.05) is 24.3 Å². The summed E-state index contributed by atoms with van der Waals surface area (Å²) in [6, 6.07) is 16.2. The van der Waals surface area contributed by atoms with E-state index in [1.54, 1.807) is 0 Å². The summed E-state index contributed by atoms with van der Waals surface area (Å²) in [4.78, 5) is 24.9. The number of para-hydroxylation sites is 2. The second-order valence-corrected chi connectivity index (χ2v) is 9.38. The number of hydrogen-bond acceptors (Lipinski definition) is 4. The van der Waals surface area contributed by atoms with Crippen molar-refractivity contribution in [3.8, 4) is 0 Å². The lowest BCUT2D eigenvalue weighted by molar-refractivity contribution is -0.137. The van der Waals surface area contributed by atoms with Gasteiger partial charge in [-0.05, 0) is 49.7 Å². The van der Waals surface area contributed by atoms with Crippen molar-refractivity contribution in [1.29, 1.82) is 0 Å². The number of fused-ring (bicyclic) bond motifs is 1. The fourth-order valence-electron chi connectivity index (χ4n) is 5.05. The number of anilines is 1. The third kappa shape index (κ3) is 4.34. The van der Waals surface area contributed by atoms with E-state index in [2.05, 4.69) is 50.6 Å². The number of carbonyl (C=O) groups excluding carboxylic acids is 1. The van der Waals surface area contributed by atoms with Crippen LogP contribution >= 0.6 is 11.6 Å². The van der Waals surface area contributed by atoms with Gasteiger partial charge in [-0.3, -0.25) is 9.69 Å². The third-order valence-corrected chi connectivity index (χ3v) is 7.10. The molecule has 168 valence electrons. The number of benzene rings is 2. The Labute approximate surface area is 194 Å². The number of likely N-dealkylation sites (tertiary alicyclic amines) is 1. The summed E-state index contributed by atoms with van der Waals surface area (Å²) in [7, 11) is 2.08. The van der Waals surface area contributed by atoms with Gasteiger partial charge in [-0.2, -0.15) is 0 Å². The Morgan fingerprint density at radius 1 is 1.06 bits per heavy atom. The molecule has 2 aliphatic heterocycles. The van der Waals surface area contributed by atoms with Crippen LogP contribution in [0.4, 0.5) is 5.69 Å². The van der Waals surface area contributed by atoms with E-state index in [4.69, 9.17) is 16.6 Å². The molecule has 0 aliphatic carbocycles. The Morgan fingerprint density at radius 2 is 1.88 bits per heavy atom. The summed E-state index contributed by atoms with van der Waals surface area (Å²) in [6.07, 6.45) is 2.04. The zero-order chi connectivity index (χ0) is 22.1. The molecule has 3 aromatic rings. The highest BCUT2D eigenvalue weighted by atomic mass is 35.5. The Bertz CT molecular complexity index is 1100. The van der Waals surface area contributed by atoms with Crippen LogP contribution in [0, 0.1) is 5.92 Å². The van der Waals surface area contributed by atoms with Gasteiger partial charge >= 0.3 is 0 Å². The molecule has 1 aromatic heterocycles. The minimum atomic E-state index is 0.0798. The molecule has 0 bridgehead atoms. The van der Waals surface area contributed by atoms with Gasteiger partial charge in [-0.25, -0.2) is 4.98 Å². The average molecular weight is 452 g/mol. The van der Waals surface area contributed by atoms with Gasteiger partial charge in [0.2, 0.25) is 5.91 Å². The number of imidazole rings is 1. The number of piperazine rings is 1. The van der Waals surface area contributed by atoms with Gasteiger partial charge in [-0.15, -0.1) is 0 Å². The second kappa shape index (κ2) is 9.12. The highest BCUT2D eigenvalue weighted by molar-refractivity contribution is 6.30. The molecule has 2 aliphatic rings. The molecule has 0 unspecified atom stereocenters. The molecule has 0 radical (unpaired) electrons. The number of halogens is 1. The van der Waals surface area contributed by atoms with Crippen LogP contribution in [0.5, 0.6) is 0 Å². The minimum absolute atomic E-state index is 0.0798. The van der Waals surface area contributed by atoms with Crippen molar-refractivity contribution in [2.75, 3.05) is 44.2 Å². The number of hydrogen-bond donors (Lipinski definition) is 0. The summed E-state index contributed by atoms with van der Waals surface area (Å²) >= 11 is 6.15. The van der Waals surface area contributed by atoms with Crippen LogP contribution in [0.25, 0.3) is 11.0 Å². The molecular weight excluding hydrogens is 422 g/mol. The van der Waals surface area contributed by atoms with Crippen molar-refractivity contribution in [2.45, 2.75) is 19.4 Å². The van der Waals surface area contributed by atoms with Crippen LogP contribution in [0.2, 0.25) is 5.02 Å². The van der Waals surface area contributed by atoms with E-state index in [1.165, 1.54) is 0 Å². The summed E-state index contributed by atoms with van der Waals surface area (Å²) in [5.41, 5.74) is 3.33. The van der Waals surface area contributed by atoms with E-state index in [0.29, 0.717) is 5.91 Å². The van der Waals surface area contributed by atoms with E-state index < -0.39 is 0 Å². The van der Waals surface area contributed by atoms with Crippen LogP contribution in [-0.2, 0) is 18.4 Å². The van der Waals surface area contributed by atoms with E-state index >= 15 is 0 Å². The first kappa shape index (κ1) is 21.3. The SMILES string of the molecule is Cn1c(CN2CCC[C@@H](C(=O)N3CCN(c4cccc(Cl)c4)CC3)C2)nc2ccccc21. The van der Waals surface area contributed by atoms with E-state index in [9.17, 15) is 4.79 Å². The van der Waals surface area contributed by atoms with Crippen molar-refractivity contribution in [2.24, 2.45) is 13.0 Å². The van der Waals surface area contributed by atoms with E-state index in [0.717, 1.165) is 86.2 Å². The zero-order valence-electron chi connectivity index (χ0n) is 18.6. The van der Waals surface area contributed by atoms with Crippen LogP contribution in [0.1, 0.15) is 18.7 Å². The highest BCUT2D eigenvalue weighted by Gasteiger charge is 2.31. The lowest BCUT2D eigenvalue weighted by atomic mass is 9.96. The first-order chi connectivity index (χ1) is 15.6. The topological polar surface area (TPSA) is 44.6 Å². The molecule has 7 heteroatoms. The van der Waals surface area contributed by atoms with Crippen molar-refractivity contribution < 1.29 is 4.79 Å². The van der Waals surface area contributed by atoms with Crippen molar-refractivity contribution in [1.82, 2.24) is 19.4 Å². The lowest BCUT2D eigenvalue weighted by Crippen LogP contribution is -2.52. The lowest BCUT2D eigenvalue weighted by Gasteiger charge is -2.39. The molecule has 5 rings (SSSR count). The molecule has 2 saturated heterocycles. The van der Waals surface area contributed by atoms with Crippen LogP contribution in [0.3, 0.4) is 0 Å². The zero-order valence-corrected chi connectivity index (χ0v) is 19.3. The standard InChI is InChI=1S/C25H30ClN5O/c1-28-23-10-3-2-9-22(23)27-24(28)18-29-11-5-6-19(17-29)25(32)31-14-12-30(13-15-31)21-8-4-7-20(26)16-21/h2-4,7-10,16,19H,5-6,11-15,17-18H2,1H3/t19-/m1/s1. The third-order valence-electron chi connectivity index (χ3n) is 6.86. The summed E-state index contributed by atoms with van der Waals surface area (Å²) in [6.45, 7) is 5.87. The summed E-state index contributed by atoms with van der Waals surface area (Å²) in [5, 5.41) is 0.754. The Hall–Kier alpha value is -2.57. The molecule has 3 heterocycles. The fraction of sp³-hybridized carbons (Fsp3) is 0.440. The quantitative estimate of drug-likeness (QED) is 0.605. The van der Waals surface area contributed by atoms with Crippen molar-refractivity contribution in [3.05, 3.63) is 59.4 Å². The summed E-state index contributed by atoms with van der Waals surface area (Å²) < 4.78 is 2.18. The fourth-order valence-corrected chi connectivity index (χ4v) is 5.24. The molecule has 2 fully saturated rings. The number of piperidine rings is 1. The van der Waals surface area contributed by atoms with Crippen molar-refractivity contribution in [3.63, 3.8) is 0 Å².